The first-order chi connectivity index (χ1) is 13.4. The lowest BCUT2D eigenvalue weighted by molar-refractivity contribution is 0.0702. The molecule has 0 aliphatic carbocycles. The molecule has 5 nitrogen and oxygen atoms in total. The molecule has 2 aromatic rings. The second-order valence-corrected chi connectivity index (χ2v) is 7.48. The summed E-state index contributed by atoms with van der Waals surface area (Å²) >= 11 is 0. The molecule has 0 bridgehead atoms. The summed E-state index contributed by atoms with van der Waals surface area (Å²) in [7, 11) is 0. The molecule has 3 rings (SSSR count). The molecular formula is C23H30N4O. The van der Waals surface area contributed by atoms with Gasteiger partial charge in [0.25, 0.3) is 5.91 Å². The maximum absolute atomic E-state index is 13.0. The van der Waals surface area contributed by atoms with Crippen molar-refractivity contribution in [2.45, 2.75) is 40.2 Å². The van der Waals surface area contributed by atoms with Gasteiger partial charge in [0.2, 0.25) is 0 Å². The van der Waals surface area contributed by atoms with E-state index in [9.17, 15) is 4.79 Å². The van der Waals surface area contributed by atoms with Crippen molar-refractivity contribution in [1.82, 2.24) is 20.0 Å². The third kappa shape index (κ3) is 4.09. The van der Waals surface area contributed by atoms with Crippen molar-refractivity contribution in [3.05, 3.63) is 71.1 Å². The van der Waals surface area contributed by atoms with E-state index in [2.05, 4.69) is 57.8 Å². The molecule has 1 aliphatic heterocycles. The fourth-order valence-electron chi connectivity index (χ4n) is 3.56. The van der Waals surface area contributed by atoms with E-state index in [-0.39, 0.29) is 5.91 Å². The first-order valence-corrected chi connectivity index (χ1v) is 9.97. The molecule has 1 aliphatic rings. The summed E-state index contributed by atoms with van der Waals surface area (Å²) in [5, 5.41) is 8.09. The number of carbonyl (C=O) groups excluding carboxylic acids is 1. The highest BCUT2D eigenvalue weighted by Gasteiger charge is 2.25. The van der Waals surface area contributed by atoms with Crippen LogP contribution in [0.2, 0.25) is 0 Å². The minimum Gasteiger partial charge on any atom is -0.334 e. The Hall–Kier alpha value is -2.66. The van der Waals surface area contributed by atoms with Crippen molar-refractivity contribution >= 4 is 11.6 Å². The third-order valence-corrected chi connectivity index (χ3v) is 5.33. The zero-order valence-electron chi connectivity index (χ0n) is 17.3. The summed E-state index contributed by atoms with van der Waals surface area (Å²) < 4.78 is 1.89. The van der Waals surface area contributed by atoms with Crippen LogP contribution in [0.15, 0.2) is 43.0 Å². The van der Waals surface area contributed by atoms with Gasteiger partial charge in [-0.3, -0.25) is 4.79 Å². The zero-order chi connectivity index (χ0) is 20.3. The molecule has 148 valence electrons. The molecule has 1 N–H and O–H groups in total. The predicted octanol–water partition coefficient (Wildman–Crippen LogP) is 3.57. The van der Waals surface area contributed by atoms with E-state index in [4.69, 9.17) is 5.10 Å². The smallest absolute Gasteiger partial charge is 0.274 e. The number of amides is 1. The molecule has 1 atom stereocenters. The van der Waals surface area contributed by atoms with E-state index in [1.165, 1.54) is 11.1 Å². The van der Waals surface area contributed by atoms with Crippen LogP contribution >= 0.6 is 0 Å². The third-order valence-electron chi connectivity index (χ3n) is 5.33. The maximum Gasteiger partial charge on any atom is 0.274 e. The van der Waals surface area contributed by atoms with Gasteiger partial charge < -0.3 is 10.2 Å². The number of carbonyl (C=O) groups is 1. The number of aromatic nitrogens is 2. The van der Waals surface area contributed by atoms with E-state index in [1.54, 1.807) is 6.08 Å². The van der Waals surface area contributed by atoms with Gasteiger partial charge in [-0.25, -0.2) is 4.68 Å². The highest BCUT2D eigenvalue weighted by atomic mass is 16.2. The first kappa shape index (κ1) is 20.1. The lowest BCUT2D eigenvalue weighted by Gasteiger charge is -2.31. The normalized spacial score (nSPS) is 17.6. The average Bonchev–Trinajstić information content (AvgIpc) is 3.12. The largest absolute Gasteiger partial charge is 0.334 e. The Morgan fingerprint density at radius 1 is 1.32 bits per heavy atom. The number of piperazine rings is 1. The summed E-state index contributed by atoms with van der Waals surface area (Å²) in [4.78, 5) is 14.9. The second kappa shape index (κ2) is 8.57. The Bertz CT molecular complexity index is 909. The molecule has 1 unspecified atom stereocenters. The topological polar surface area (TPSA) is 50.2 Å². The molecule has 5 heteroatoms. The van der Waals surface area contributed by atoms with Crippen molar-refractivity contribution in [3.8, 4) is 0 Å². The highest BCUT2D eigenvalue weighted by molar-refractivity contribution is 5.93. The van der Waals surface area contributed by atoms with Gasteiger partial charge in [0.1, 0.15) is 0 Å². The van der Waals surface area contributed by atoms with E-state index in [0.29, 0.717) is 24.8 Å². The fraction of sp³-hybridized carbons (Fsp3) is 0.391. The van der Waals surface area contributed by atoms with Crippen molar-refractivity contribution in [2.24, 2.45) is 0 Å². The van der Waals surface area contributed by atoms with Gasteiger partial charge >= 0.3 is 0 Å². The van der Waals surface area contributed by atoms with Crippen LogP contribution in [0, 0.1) is 13.8 Å². The molecule has 1 saturated heterocycles. The Labute approximate surface area is 167 Å². The lowest BCUT2D eigenvalue weighted by atomic mass is 10.0. The van der Waals surface area contributed by atoms with Gasteiger partial charge in [-0.2, -0.15) is 5.10 Å². The Kier molecular flexibility index (Phi) is 6.15. The van der Waals surface area contributed by atoms with E-state index in [1.807, 2.05) is 21.7 Å². The van der Waals surface area contributed by atoms with Gasteiger partial charge in [0.05, 0.1) is 5.70 Å². The summed E-state index contributed by atoms with van der Waals surface area (Å²) in [6, 6.07) is 8.60. The summed E-state index contributed by atoms with van der Waals surface area (Å²) in [6.45, 7) is 14.5. The minimum absolute atomic E-state index is 0.000148. The van der Waals surface area contributed by atoms with Crippen LogP contribution < -0.4 is 5.32 Å². The Balaban J connectivity index is 2.00. The van der Waals surface area contributed by atoms with Crippen LogP contribution in [-0.4, -0.2) is 46.3 Å². The van der Waals surface area contributed by atoms with E-state index in [0.717, 1.165) is 29.9 Å². The van der Waals surface area contributed by atoms with Crippen molar-refractivity contribution < 1.29 is 4.79 Å². The van der Waals surface area contributed by atoms with Crippen LogP contribution in [0.1, 0.15) is 46.7 Å². The molecule has 0 saturated carbocycles. The fourth-order valence-corrected chi connectivity index (χ4v) is 3.56. The number of aryl methyl sites for hydroxylation is 3. The Morgan fingerprint density at radius 3 is 2.75 bits per heavy atom. The zero-order valence-corrected chi connectivity index (χ0v) is 17.3. The lowest BCUT2D eigenvalue weighted by Crippen LogP contribution is -2.51. The van der Waals surface area contributed by atoms with Gasteiger partial charge in [0, 0.05) is 36.9 Å². The van der Waals surface area contributed by atoms with Crippen LogP contribution in [-0.2, 0) is 6.42 Å². The number of benzene rings is 1. The first-order valence-electron chi connectivity index (χ1n) is 9.97. The maximum atomic E-state index is 13.0. The van der Waals surface area contributed by atoms with Crippen LogP contribution in [0.5, 0.6) is 0 Å². The monoisotopic (exact) mass is 378 g/mol. The molecule has 0 spiro atoms. The van der Waals surface area contributed by atoms with Gasteiger partial charge in [-0.05, 0) is 56.5 Å². The summed E-state index contributed by atoms with van der Waals surface area (Å²) in [5.74, 6) is -0.000148. The van der Waals surface area contributed by atoms with E-state index >= 15 is 0 Å². The van der Waals surface area contributed by atoms with Crippen molar-refractivity contribution in [2.75, 3.05) is 19.6 Å². The minimum atomic E-state index is -0.000148. The summed E-state index contributed by atoms with van der Waals surface area (Å²) in [6.07, 6.45) is 4.51. The van der Waals surface area contributed by atoms with Crippen LogP contribution in [0.4, 0.5) is 0 Å². The predicted molar refractivity (Wildman–Crippen MR) is 114 cm³/mol. The highest BCUT2D eigenvalue weighted by Crippen LogP contribution is 2.23. The van der Waals surface area contributed by atoms with Crippen molar-refractivity contribution in [1.29, 1.82) is 0 Å². The molecule has 28 heavy (non-hydrogen) atoms. The van der Waals surface area contributed by atoms with Crippen LogP contribution in [0.3, 0.4) is 0 Å². The van der Waals surface area contributed by atoms with Gasteiger partial charge in [-0.15, -0.1) is 0 Å². The molecule has 1 amide bonds. The number of nitrogens with zero attached hydrogens (tertiary/aromatic N) is 3. The molecule has 0 radical (unpaired) electrons. The molecular weight excluding hydrogens is 348 g/mol. The Morgan fingerprint density at radius 2 is 2.11 bits per heavy atom. The number of allylic oxidation sites excluding steroid dienone is 2. The molecule has 1 aromatic heterocycles. The second-order valence-electron chi connectivity index (χ2n) is 7.48. The number of hydrogen-bond acceptors (Lipinski definition) is 3. The number of hydrogen-bond donors (Lipinski definition) is 1. The van der Waals surface area contributed by atoms with E-state index < -0.39 is 0 Å². The average molecular weight is 379 g/mol. The quantitative estimate of drug-likeness (QED) is 0.809. The van der Waals surface area contributed by atoms with Gasteiger partial charge in [-0.1, -0.05) is 31.7 Å². The molecule has 1 aromatic carbocycles. The van der Waals surface area contributed by atoms with Gasteiger partial charge in [0.15, 0.2) is 5.69 Å². The summed E-state index contributed by atoms with van der Waals surface area (Å²) in [5.41, 5.74) is 5.99. The molecule has 2 heterocycles. The number of rotatable bonds is 5. The van der Waals surface area contributed by atoms with Crippen molar-refractivity contribution in [3.63, 3.8) is 0 Å². The van der Waals surface area contributed by atoms with Crippen LogP contribution in [0.25, 0.3) is 5.70 Å². The standard InChI is InChI=1S/C23H30N4O/c1-6-8-22(19-10-9-16(3)17(4)13-19)27-20(7-2)14-21(25-27)23(28)26-12-11-24-18(5)15-26/h6,8-10,13-14,18,24H,1,7,11-12,15H2,2-5H3/b22-8-. The molecule has 1 fully saturated rings. The number of nitrogens with one attached hydrogen (secondary N) is 1. The SMILES string of the molecule is C=C/C=C(/c1ccc(C)c(C)c1)n1nc(C(=O)N2CCNC(C)C2)cc1CC.